The highest BCUT2D eigenvalue weighted by Crippen LogP contribution is 2.29. The highest BCUT2D eigenvalue weighted by Gasteiger charge is 2.23. The molecule has 0 bridgehead atoms. The van der Waals surface area contributed by atoms with Crippen LogP contribution in [0.1, 0.15) is 39.5 Å². The van der Waals surface area contributed by atoms with Crippen molar-refractivity contribution in [3.8, 4) is 0 Å². The number of hydrogen-bond donors (Lipinski definition) is 1. The van der Waals surface area contributed by atoms with Gasteiger partial charge in [-0.25, -0.2) is 0 Å². The summed E-state index contributed by atoms with van der Waals surface area (Å²) in [5.41, 5.74) is 1.29. The average molecular weight is 213 g/mol. The Labute approximate surface area is 92.7 Å². The standard InChI is InChI=1S/C12H23NS/c1-4-14-12-6-5-11(9-12)13-8-7-10(2)3/h11-13H,2,4-9H2,1,3H3. The van der Waals surface area contributed by atoms with Crippen molar-refractivity contribution in [2.24, 2.45) is 0 Å². The van der Waals surface area contributed by atoms with Crippen molar-refractivity contribution in [2.75, 3.05) is 12.3 Å². The van der Waals surface area contributed by atoms with Crippen LogP contribution in [0.5, 0.6) is 0 Å². The molecule has 1 nitrogen and oxygen atoms in total. The molecular formula is C12H23NS. The van der Waals surface area contributed by atoms with Gasteiger partial charge in [-0.3, -0.25) is 0 Å². The lowest BCUT2D eigenvalue weighted by molar-refractivity contribution is 0.528. The van der Waals surface area contributed by atoms with Gasteiger partial charge >= 0.3 is 0 Å². The predicted octanol–water partition coefficient (Wildman–Crippen LogP) is 3.22. The van der Waals surface area contributed by atoms with Gasteiger partial charge in [-0.1, -0.05) is 12.5 Å². The summed E-state index contributed by atoms with van der Waals surface area (Å²) in [5.74, 6) is 1.27. The van der Waals surface area contributed by atoms with Crippen LogP contribution in [0.15, 0.2) is 12.2 Å². The van der Waals surface area contributed by atoms with Gasteiger partial charge in [0, 0.05) is 11.3 Å². The molecule has 0 amide bonds. The van der Waals surface area contributed by atoms with E-state index >= 15 is 0 Å². The van der Waals surface area contributed by atoms with Gasteiger partial charge in [0.25, 0.3) is 0 Å². The van der Waals surface area contributed by atoms with Crippen LogP contribution >= 0.6 is 11.8 Å². The Morgan fingerprint density at radius 3 is 2.93 bits per heavy atom. The molecule has 0 aromatic heterocycles. The van der Waals surface area contributed by atoms with E-state index in [4.69, 9.17) is 0 Å². The molecule has 1 N–H and O–H groups in total. The van der Waals surface area contributed by atoms with Crippen LogP contribution in [0, 0.1) is 0 Å². The maximum atomic E-state index is 3.92. The first-order valence-corrected chi connectivity index (χ1v) is 6.76. The third kappa shape index (κ3) is 4.52. The van der Waals surface area contributed by atoms with Gasteiger partial charge in [-0.15, -0.1) is 6.58 Å². The van der Waals surface area contributed by atoms with Crippen molar-refractivity contribution in [2.45, 2.75) is 50.8 Å². The maximum absolute atomic E-state index is 3.92. The fraction of sp³-hybridized carbons (Fsp3) is 0.833. The molecule has 2 heteroatoms. The predicted molar refractivity (Wildman–Crippen MR) is 67.0 cm³/mol. The zero-order valence-corrected chi connectivity index (χ0v) is 10.3. The number of nitrogens with one attached hydrogen (secondary N) is 1. The largest absolute Gasteiger partial charge is 0.314 e. The molecule has 1 fully saturated rings. The van der Waals surface area contributed by atoms with E-state index in [0.717, 1.165) is 24.3 Å². The van der Waals surface area contributed by atoms with Crippen LogP contribution in [0.4, 0.5) is 0 Å². The van der Waals surface area contributed by atoms with Gasteiger partial charge in [0.2, 0.25) is 0 Å². The van der Waals surface area contributed by atoms with E-state index in [0.29, 0.717) is 0 Å². The second-order valence-corrected chi connectivity index (χ2v) is 5.83. The van der Waals surface area contributed by atoms with E-state index in [1.54, 1.807) is 0 Å². The first kappa shape index (κ1) is 12.1. The van der Waals surface area contributed by atoms with Crippen LogP contribution < -0.4 is 5.32 Å². The molecule has 0 spiro atoms. The molecule has 14 heavy (non-hydrogen) atoms. The van der Waals surface area contributed by atoms with E-state index < -0.39 is 0 Å². The fourth-order valence-corrected chi connectivity index (χ4v) is 3.14. The second kappa shape index (κ2) is 6.52. The van der Waals surface area contributed by atoms with E-state index in [-0.39, 0.29) is 0 Å². The molecule has 1 rings (SSSR count). The average Bonchev–Trinajstić information content (AvgIpc) is 2.53. The molecule has 0 aromatic rings. The molecule has 2 unspecified atom stereocenters. The normalized spacial score (nSPS) is 26.7. The Morgan fingerprint density at radius 2 is 2.29 bits per heavy atom. The summed E-state index contributed by atoms with van der Waals surface area (Å²) in [6, 6.07) is 0.776. The quantitative estimate of drug-likeness (QED) is 0.680. The Hall–Kier alpha value is 0.0500. The zero-order valence-electron chi connectivity index (χ0n) is 9.51. The minimum absolute atomic E-state index is 0.776. The lowest BCUT2D eigenvalue weighted by atomic mass is 10.2. The minimum atomic E-state index is 0.776. The Kier molecular flexibility index (Phi) is 5.64. The van der Waals surface area contributed by atoms with Gasteiger partial charge in [0.05, 0.1) is 0 Å². The summed E-state index contributed by atoms with van der Waals surface area (Å²) in [5, 5.41) is 4.55. The lowest BCUT2D eigenvalue weighted by Crippen LogP contribution is -2.27. The van der Waals surface area contributed by atoms with Crippen molar-refractivity contribution in [1.29, 1.82) is 0 Å². The van der Waals surface area contributed by atoms with Gasteiger partial charge in [-0.05, 0) is 44.9 Å². The molecule has 82 valence electrons. The van der Waals surface area contributed by atoms with Gasteiger partial charge in [0.1, 0.15) is 0 Å². The van der Waals surface area contributed by atoms with E-state index in [1.807, 2.05) is 0 Å². The summed E-state index contributed by atoms with van der Waals surface area (Å²) in [7, 11) is 0. The Bertz CT molecular complexity index is 179. The molecule has 0 aromatic carbocycles. The Balaban J connectivity index is 2.07. The molecule has 1 aliphatic carbocycles. The van der Waals surface area contributed by atoms with E-state index in [2.05, 4.69) is 37.5 Å². The van der Waals surface area contributed by atoms with Crippen molar-refractivity contribution in [1.82, 2.24) is 5.32 Å². The number of rotatable bonds is 6. The highest BCUT2D eigenvalue weighted by atomic mass is 32.2. The first-order valence-electron chi connectivity index (χ1n) is 5.71. The van der Waals surface area contributed by atoms with Crippen LogP contribution in [0.2, 0.25) is 0 Å². The zero-order chi connectivity index (χ0) is 10.4. The van der Waals surface area contributed by atoms with Crippen LogP contribution in [-0.4, -0.2) is 23.6 Å². The van der Waals surface area contributed by atoms with Crippen LogP contribution in [-0.2, 0) is 0 Å². The molecule has 1 saturated carbocycles. The summed E-state index contributed by atoms with van der Waals surface area (Å²) < 4.78 is 0. The number of thioether (sulfide) groups is 1. The van der Waals surface area contributed by atoms with E-state index in [1.165, 1.54) is 30.6 Å². The molecule has 2 atom stereocenters. The summed E-state index contributed by atoms with van der Waals surface area (Å²) in [6.07, 6.45) is 5.27. The van der Waals surface area contributed by atoms with Gasteiger partial charge in [0.15, 0.2) is 0 Å². The second-order valence-electron chi connectivity index (χ2n) is 4.25. The highest BCUT2D eigenvalue weighted by molar-refractivity contribution is 7.99. The van der Waals surface area contributed by atoms with Gasteiger partial charge in [-0.2, -0.15) is 11.8 Å². The summed E-state index contributed by atoms with van der Waals surface area (Å²) >= 11 is 2.12. The summed E-state index contributed by atoms with van der Waals surface area (Å²) in [4.78, 5) is 0. The van der Waals surface area contributed by atoms with Crippen molar-refractivity contribution < 1.29 is 0 Å². The molecule has 0 radical (unpaired) electrons. The Morgan fingerprint density at radius 1 is 1.50 bits per heavy atom. The molecule has 0 saturated heterocycles. The smallest absolute Gasteiger partial charge is 0.00781 e. The SMILES string of the molecule is C=C(C)CCNC1CCC(SCC)C1. The molecule has 0 heterocycles. The monoisotopic (exact) mass is 213 g/mol. The first-order chi connectivity index (χ1) is 6.72. The summed E-state index contributed by atoms with van der Waals surface area (Å²) in [6.45, 7) is 9.39. The van der Waals surface area contributed by atoms with Crippen molar-refractivity contribution >= 4 is 11.8 Å². The van der Waals surface area contributed by atoms with E-state index in [9.17, 15) is 0 Å². The fourth-order valence-electron chi connectivity index (χ4n) is 2.00. The molecular weight excluding hydrogens is 190 g/mol. The number of hydrogen-bond acceptors (Lipinski definition) is 2. The topological polar surface area (TPSA) is 12.0 Å². The molecule has 0 aliphatic heterocycles. The van der Waals surface area contributed by atoms with Crippen molar-refractivity contribution in [3.05, 3.63) is 12.2 Å². The third-order valence-electron chi connectivity index (χ3n) is 2.77. The lowest BCUT2D eigenvalue weighted by Gasteiger charge is -2.12. The third-order valence-corrected chi connectivity index (χ3v) is 4.00. The minimum Gasteiger partial charge on any atom is -0.314 e. The van der Waals surface area contributed by atoms with Crippen molar-refractivity contribution in [3.63, 3.8) is 0 Å². The van der Waals surface area contributed by atoms with Crippen LogP contribution in [0.3, 0.4) is 0 Å². The van der Waals surface area contributed by atoms with Crippen LogP contribution in [0.25, 0.3) is 0 Å². The maximum Gasteiger partial charge on any atom is 0.00781 e. The van der Waals surface area contributed by atoms with Gasteiger partial charge < -0.3 is 5.32 Å². The molecule has 1 aliphatic rings.